The highest BCUT2D eigenvalue weighted by molar-refractivity contribution is 9.10. The van der Waals surface area contributed by atoms with Crippen LogP contribution >= 0.6 is 38.6 Å². The van der Waals surface area contributed by atoms with Crippen molar-refractivity contribution in [1.82, 2.24) is 9.88 Å². The first kappa shape index (κ1) is 17.8. The van der Waals surface area contributed by atoms with Crippen LogP contribution in [0.4, 0.5) is 4.39 Å². The predicted octanol–water partition coefficient (Wildman–Crippen LogP) is 4.99. The number of halogens is 2. The zero-order valence-electron chi connectivity index (χ0n) is 13.5. The van der Waals surface area contributed by atoms with E-state index in [1.807, 2.05) is 11.4 Å². The number of thiazole rings is 1. The Morgan fingerprint density at radius 3 is 2.81 bits per heavy atom. The zero-order valence-corrected chi connectivity index (χ0v) is 16.7. The maximum atomic E-state index is 13.1. The predicted molar refractivity (Wildman–Crippen MR) is 104 cm³/mol. The molecule has 1 atom stereocenters. The Hall–Kier alpha value is -1.61. The molecular weight excluding hydrogens is 439 g/mol. The summed E-state index contributed by atoms with van der Waals surface area (Å²) in [6.07, 6.45) is -0.250. The molecule has 26 heavy (non-hydrogen) atoms. The Labute approximate surface area is 166 Å². The SMILES string of the molecule is O=C(c1csc(-c2cc(Br)cs2)n1)N1CCOC(c2ccc(F)cc2)C1. The van der Waals surface area contributed by atoms with E-state index in [1.54, 1.807) is 33.7 Å². The first-order valence-corrected chi connectivity index (χ1v) is 10.5. The molecule has 8 heteroatoms. The lowest BCUT2D eigenvalue weighted by Gasteiger charge is -2.32. The van der Waals surface area contributed by atoms with Gasteiger partial charge in [0, 0.05) is 21.8 Å². The number of benzene rings is 1. The third-order valence-electron chi connectivity index (χ3n) is 4.10. The Bertz CT molecular complexity index is 925. The highest BCUT2D eigenvalue weighted by Gasteiger charge is 2.27. The van der Waals surface area contributed by atoms with Gasteiger partial charge in [0.2, 0.25) is 0 Å². The lowest BCUT2D eigenvalue weighted by Crippen LogP contribution is -2.42. The van der Waals surface area contributed by atoms with Gasteiger partial charge in [0.05, 0.1) is 18.0 Å². The number of hydrogen-bond acceptors (Lipinski definition) is 5. The van der Waals surface area contributed by atoms with E-state index in [0.717, 1.165) is 19.9 Å². The molecule has 3 heterocycles. The molecule has 134 valence electrons. The number of carbonyl (C=O) groups excluding carboxylic acids is 1. The second kappa shape index (κ2) is 7.56. The van der Waals surface area contributed by atoms with Crippen molar-refractivity contribution in [2.45, 2.75) is 6.10 Å². The number of hydrogen-bond donors (Lipinski definition) is 0. The minimum atomic E-state index is -0.285. The summed E-state index contributed by atoms with van der Waals surface area (Å²) in [7, 11) is 0. The maximum absolute atomic E-state index is 13.1. The van der Waals surface area contributed by atoms with Gasteiger partial charge in [-0.25, -0.2) is 9.37 Å². The molecule has 1 aromatic carbocycles. The molecule has 0 spiro atoms. The summed E-state index contributed by atoms with van der Waals surface area (Å²) in [6.45, 7) is 1.40. The molecule has 0 N–H and O–H groups in total. The molecule has 0 saturated carbocycles. The second-order valence-electron chi connectivity index (χ2n) is 5.83. The minimum absolute atomic E-state index is 0.0986. The summed E-state index contributed by atoms with van der Waals surface area (Å²) in [5, 5.41) is 4.63. The molecule has 1 saturated heterocycles. The van der Waals surface area contributed by atoms with Crippen LogP contribution in [0.25, 0.3) is 9.88 Å². The zero-order chi connectivity index (χ0) is 18.1. The van der Waals surface area contributed by atoms with Crippen LogP contribution in [0.15, 0.2) is 45.6 Å². The Balaban J connectivity index is 1.49. The fourth-order valence-corrected chi connectivity index (χ4v) is 5.09. The van der Waals surface area contributed by atoms with Gasteiger partial charge in [-0.15, -0.1) is 22.7 Å². The van der Waals surface area contributed by atoms with Gasteiger partial charge in [0.15, 0.2) is 0 Å². The highest BCUT2D eigenvalue weighted by atomic mass is 79.9. The molecule has 1 fully saturated rings. The van der Waals surface area contributed by atoms with E-state index < -0.39 is 0 Å². The number of thiophene rings is 1. The summed E-state index contributed by atoms with van der Waals surface area (Å²) in [5.74, 6) is -0.383. The van der Waals surface area contributed by atoms with Crippen molar-refractivity contribution in [1.29, 1.82) is 0 Å². The Morgan fingerprint density at radius 2 is 2.08 bits per heavy atom. The monoisotopic (exact) mass is 452 g/mol. The van der Waals surface area contributed by atoms with Crippen LogP contribution in [-0.4, -0.2) is 35.5 Å². The van der Waals surface area contributed by atoms with Crippen molar-refractivity contribution in [3.8, 4) is 9.88 Å². The van der Waals surface area contributed by atoms with E-state index in [4.69, 9.17) is 4.74 Å². The summed E-state index contributed by atoms with van der Waals surface area (Å²) in [4.78, 5) is 20.1. The average Bonchev–Trinajstić information content (AvgIpc) is 3.31. The number of carbonyl (C=O) groups is 1. The van der Waals surface area contributed by atoms with E-state index in [1.165, 1.54) is 23.5 Å². The number of ether oxygens (including phenoxy) is 1. The second-order valence-corrected chi connectivity index (χ2v) is 8.51. The molecule has 1 aliphatic heterocycles. The molecule has 0 radical (unpaired) electrons. The van der Waals surface area contributed by atoms with Gasteiger partial charge in [-0.2, -0.15) is 0 Å². The number of nitrogens with zero attached hydrogens (tertiary/aromatic N) is 2. The van der Waals surface area contributed by atoms with E-state index in [0.29, 0.717) is 25.4 Å². The largest absolute Gasteiger partial charge is 0.370 e. The molecule has 1 aliphatic rings. The first-order chi connectivity index (χ1) is 12.6. The van der Waals surface area contributed by atoms with E-state index in [2.05, 4.69) is 20.9 Å². The molecule has 4 rings (SSSR count). The normalized spacial score (nSPS) is 17.5. The maximum Gasteiger partial charge on any atom is 0.273 e. The number of morpholine rings is 1. The van der Waals surface area contributed by atoms with Crippen molar-refractivity contribution < 1.29 is 13.9 Å². The van der Waals surface area contributed by atoms with Gasteiger partial charge in [-0.3, -0.25) is 4.79 Å². The average molecular weight is 453 g/mol. The molecule has 0 bridgehead atoms. The van der Waals surface area contributed by atoms with Crippen LogP contribution in [0.2, 0.25) is 0 Å². The number of amides is 1. The number of aromatic nitrogens is 1. The van der Waals surface area contributed by atoms with E-state index in [9.17, 15) is 9.18 Å². The molecule has 4 nitrogen and oxygen atoms in total. The molecule has 1 unspecified atom stereocenters. The summed E-state index contributed by atoms with van der Waals surface area (Å²) in [6, 6.07) is 8.21. The van der Waals surface area contributed by atoms with Gasteiger partial charge in [-0.1, -0.05) is 12.1 Å². The molecule has 1 amide bonds. The van der Waals surface area contributed by atoms with Gasteiger partial charge < -0.3 is 9.64 Å². The third-order valence-corrected chi connectivity index (χ3v) is 6.80. The molecule has 3 aromatic rings. The van der Waals surface area contributed by atoms with Crippen molar-refractivity contribution >= 4 is 44.5 Å². The van der Waals surface area contributed by atoms with Crippen LogP contribution in [0.1, 0.15) is 22.2 Å². The van der Waals surface area contributed by atoms with Gasteiger partial charge in [0.1, 0.15) is 22.6 Å². The van der Waals surface area contributed by atoms with E-state index in [-0.39, 0.29) is 17.8 Å². The van der Waals surface area contributed by atoms with Gasteiger partial charge in [-0.05, 0) is 39.7 Å². The lowest BCUT2D eigenvalue weighted by atomic mass is 10.1. The minimum Gasteiger partial charge on any atom is -0.370 e. The Morgan fingerprint density at radius 1 is 1.27 bits per heavy atom. The van der Waals surface area contributed by atoms with Gasteiger partial charge >= 0.3 is 0 Å². The third kappa shape index (κ3) is 3.73. The fraction of sp³-hybridized carbons (Fsp3) is 0.222. The van der Waals surface area contributed by atoms with Crippen LogP contribution in [0.3, 0.4) is 0 Å². The van der Waals surface area contributed by atoms with Crippen LogP contribution in [0, 0.1) is 5.82 Å². The fourth-order valence-electron chi connectivity index (χ4n) is 2.79. The van der Waals surface area contributed by atoms with Crippen molar-refractivity contribution in [2.75, 3.05) is 19.7 Å². The van der Waals surface area contributed by atoms with Crippen LogP contribution in [0.5, 0.6) is 0 Å². The molecule has 0 aliphatic carbocycles. The molecular formula is C18H14BrFN2O2S2. The Kier molecular flexibility index (Phi) is 5.17. The standard InChI is InChI=1S/C18H14BrFN2O2S2/c19-12-7-16(25-9-12)17-21-14(10-26-17)18(23)22-5-6-24-15(8-22)11-1-3-13(20)4-2-11/h1-4,7,9-10,15H,5-6,8H2. The summed E-state index contributed by atoms with van der Waals surface area (Å²) < 4.78 is 19.9. The summed E-state index contributed by atoms with van der Waals surface area (Å²) in [5.41, 5.74) is 1.32. The van der Waals surface area contributed by atoms with Crippen molar-refractivity contribution in [3.05, 3.63) is 62.6 Å². The topological polar surface area (TPSA) is 42.4 Å². The van der Waals surface area contributed by atoms with Crippen molar-refractivity contribution in [2.24, 2.45) is 0 Å². The smallest absolute Gasteiger partial charge is 0.273 e. The van der Waals surface area contributed by atoms with Crippen LogP contribution < -0.4 is 0 Å². The van der Waals surface area contributed by atoms with Crippen molar-refractivity contribution in [3.63, 3.8) is 0 Å². The lowest BCUT2D eigenvalue weighted by molar-refractivity contribution is -0.0230. The molecule has 2 aromatic heterocycles. The summed E-state index contributed by atoms with van der Waals surface area (Å²) >= 11 is 6.49. The first-order valence-electron chi connectivity index (χ1n) is 7.96. The highest BCUT2D eigenvalue weighted by Crippen LogP contribution is 2.32. The quantitative estimate of drug-likeness (QED) is 0.562. The van der Waals surface area contributed by atoms with Gasteiger partial charge in [0.25, 0.3) is 5.91 Å². The number of rotatable bonds is 3. The van der Waals surface area contributed by atoms with E-state index >= 15 is 0 Å². The van der Waals surface area contributed by atoms with Crippen LogP contribution in [-0.2, 0) is 4.74 Å².